The highest BCUT2D eigenvalue weighted by Crippen LogP contribution is 2.27. The van der Waals surface area contributed by atoms with Gasteiger partial charge in [0.05, 0.1) is 12.6 Å². The molecule has 2 heterocycles. The van der Waals surface area contributed by atoms with Gasteiger partial charge in [-0.1, -0.05) is 20.8 Å². The van der Waals surface area contributed by atoms with Crippen LogP contribution in [-0.4, -0.2) is 61.4 Å². The van der Waals surface area contributed by atoms with E-state index < -0.39 is 21.4 Å². The fourth-order valence-electron chi connectivity index (χ4n) is 3.82. The molecule has 0 bridgehead atoms. The average Bonchev–Trinajstić information content (AvgIpc) is 3.12. The van der Waals surface area contributed by atoms with Crippen molar-refractivity contribution in [3.05, 3.63) is 40.7 Å². The molecule has 0 N–H and O–H groups in total. The molecule has 7 nitrogen and oxygen atoms in total. The zero-order valence-electron chi connectivity index (χ0n) is 18.7. The van der Waals surface area contributed by atoms with Crippen LogP contribution in [0.5, 0.6) is 5.88 Å². The lowest BCUT2D eigenvalue weighted by atomic mass is 9.89. The summed E-state index contributed by atoms with van der Waals surface area (Å²) >= 11 is 0. The lowest BCUT2D eigenvalue weighted by Crippen LogP contribution is -2.41. The molecule has 0 spiro atoms. The van der Waals surface area contributed by atoms with Gasteiger partial charge in [0.15, 0.2) is 10.8 Å². The highest BCUT2D eigenvalue weighted by atomic mass is 32.2. The second kappa shape index (κ2) is 9.08. The number of nitrogens with zero attached hydrogens (tertiary/aromatic N) is 3. The zero-order chi connectivity index (χ0) is 22.9. The van der Waals surface area contributed by atoms with Crippen LogP contribution in [0.2, 0.25) is 0 Å². The Bertz CT molecular complexity index is 1080. The van der Waals surface area contributed by atoms with E-state index >= 15 is 0 Å². The van der Waals surface area contributed by atoms with Crippen LogP contribution in [0.4, 0.5) is 4.39 Å². The molecule has 1 aliphatic rings. The summed E-state index contributed by atoms with van der Waals surface area (Å²) in [6, 6.07) is 4.32. The van der Waals surface area contributed by atoms with Crippen molar-refractivity contribution < 1.29 is 22.3 Å². The average molecular weight is 452 g/mol. The summed E-state index contributed by atoms with van der Waals surface area (Å²) in [5.74, 6) is -1.04. The lowest BCUT2D eigenvalue weighted by molar-refractivity contribution is -0.116. The number of Topliss-reactive ketones (excluding diaryl/α,β-unsaturated/α-hetero) is 1. The maximum atomic E-state index is 14.0. The monoisotopic (exact) mass is 451 g/mol. The van der Waals surface area contributed by atoms with Gasteiger partial charge in [-0.15, -0.1) is 0 Å². The summed E-state index contributed by atoms with van der Waals surface area (Å²) in [4.78, 5) is 14.8. The molecule has 170 valence electrons. The number of benzene rings is 1. The number of ether oxygens (including phenoxy) is 1. The maximum absolute atomic E-state index is 14.0. The van der Waals surface area contributed by atoms with Crippen molar-refractivity contribution in [2.24, 2.45) is 0 Å². The molecule has 1 aromatic carbocycles. The fraction of sp³-hybridized carbons (Fsp3) is 0.545. The van der Waals surface area contributed by atoms with E-state index in [0.717, 1.165) is 16.7 Å². The molecule has 3 rings (SSSR count). The Morgan fingerprint density at radius 1 is 1.32 bits per heavy atom. The number of ketones is 1. The summed E-state index contributed by atoms with van der Waals surface area (Å²) < 4.78 is 46.9. The van der Waals surface area contributed by atoms with Gasteiger partial charge in [0.25, 0.3) is 0 Å². The Labute approximate surface area is 183 Å². The number of rotatable bonds is 8. The molecule has 0 fully saturated rings. The first-order chi connectivity index (χ1) is 14.5. The van der Waals surface area contributed by atoms with E-state index in [1.54, 1.807) is 0 Å². The molecule has 1 aromatic heterocycles. The van der Waals surface area contributed by atoms with Crippen LogP contribution in [0.3, 0.4) is 0 Å². The van der Waals surface area contributed by atoms with Crippen LogP contribution in [0.25, 0.3) is 0 Å². The van der Waals surface area contributed by atoms with E-state index in [9.17, 15) is 17.6 Å². The first kappa shape index (κ1) is 23.4. The Kier molecular flexibility index (Phi) is 6.85. The largest absolute Gasteiger partial charge is 0.476 e. The Morgan fingerprint density at radius 3 is 2.65 bits per heavy atom. The van der Waals surface area contributed by atoms with Crippen molar-refractivity contribution >= 4 is 15.6 Å². The second-order valence-electron chi connectivity index (χ2n) is 8.55. The summed E-state index contributed by atoms with van der Waals surface area (Å²) in [7, 11) is -0.0796. The van der Waals surface area contributed by atoms with E-state index in [0.29, 0.717) is 25.5 Å². The minimum absolute atomic E-state index is 0.0158. The Balaban J connectivity index is 1.80. The van der Waals surface area contributed by atoms with Crippen molar-refractivity contribution in [3.8, 4) is 5.88 Å². The first-order valence-electron chi connectivity index (χ1n) is 10.4. The minimum atomic E-state index is -3.92. The Hall–Kier alpha value is -2.26. The molecule has 0 aliphatic carbocycles. The van der Waals surface area contributed by atoms with E-state index in [4.69, 9.17) is 4.74 Å². The molecule has 1 aliphatic heterocycles. The number of hydrogen-bond donors (Lipinski definition) is 0. The third-order valence-corrected chi connectivity index (χ3v) is 7.19. The first-order valence-corrected chi connectivity index (χ1v) is 12.1. The molecule has 1 unspecified atom stereocenters. The molecular formula is C22H30FN3O4S. The van der Waals surface area contributed by atoms with E-state index in [2.05, 4.69) is 5.10 Å². The van der Waals surface area contributed by atoms with E-state index in [-0.39, 0.29) is 29.2 Å². The van der Waals surface area contributed by atoms with Gasteiger partial charge in [0.1, 0.15) is 18.2 Å². The van der Waals surface area contributed by atoms with Gasteiger partial charge in [-0.2, -0.15) is 5.10 Å². The van der Waals surface area contributed by atoms with Gasteiger partial charge < -0.3 is 9.64 Å². The van der Waals surface area contributed by atoms with Crippen molar-refractivity contribution in [3.63, 3.8) is 0 Å². The fourth-order valence-corrected chi connectivity index (χ4v) is 5.00. The van der Waals surface area contributed by atoms with Crippen LogP contribution in [0, 0.1) is 5.82 Å². The van der Waals surface area contributed by atoms with Crippen LogP contribution in [0.1, 0.15) is 43.4 Å². The number of sulfone groups is 1. The summed E-state index contributed by atoms with van der Waals surface area (Å²) in [6.45, 7) is 6.70. The lowest BCUT2D eigenvalue weighted by Gasteiger charge is -2.28. The molecule has 0 saturated heterocycles. The standard InChI is InChI=1S/C22H30FN3O4S/c1-6-15-7-16(23)8-19(14(2)3)20(15)9-18(27)13-31(28,29)21-10-22-26(24-21)11-17(12-30-22)25(4)5/h7-8,10,14,17H,6,9,11-13H2,1-5H3. The van der Waals surface area contributed by atoms with Crippen molar-refractivity contribution in [1.82, 2.24) is 14.7 Å². The molecule has 9 heteroatoms. The normalized spacial score (nSPS) is 16.5. The minimum Gasteiger partial charge on any atom is -0.476 e. The molecule has 0 saturated carbocycles. The summed E-state index contributed by atoms with van der Waals surface area (Å²) in [5.41, 5.74) is 2.19. The van der Waals surface area contributed by atoms with Crippen LogP contribution < -0.4 is 4.74 Å². The Morgan fingerprint density at radius 2 is 2.03 bits per heavy atom. The van der Waals surface area contributed by atoms with Gasteiger partial charge in [0.2, 0.25) is 15.7 Å². The number of carbonyl (C=O) groups is 1. The van der Waals surface area contributed by atoms with Gasteiger partial charge in [-0.3, -0.25) is 4.79 Å². The predicted molar refractivity (Wildman–Crippen MR) is 116 cm³/mol. The zero-order valence-corrected chi connectivity index (χ0v) is 19.5. The number of fused-ring (bicyclic) bond motifs is 1. The second-order valence-corrected chi connectivity index (χ2v) is 10.5. The number of aryl methyl sites for hydroxylation is 1. The van der Waals surface area contributed by atoms with Gasteiger partial charge >= 0.3 is 0 Å². The summed E-state index contributed by atoms with van der Waals surface area (Å²) in [6.07, 6.45) is 0.508. The number of likely N-dealkylation sites (N-methyl/N-ethyl adjacent to an activating group) is 1. The third-order valence-electron chi connectivity index (χ3n) is 5.65. The molecule has 31 heavy (non-hydrogen) atoms. The molecule has 2 aromatic rings. The third kappa shape index (κ3) is 5.15. The SMILES string of the molecule is CCc1cc(F)cc(C(C)C)c1CC(=O)CS(=O)(=O)c1cc2n(n1)CC(N(C)C)CO2. The molecule has 0 radical (unpaired) electrons. The van der Waals surface area contributed by atoms with E-state index in [1.165, 1.54) is 22.9 Å². The van der Waals surface area contributed by atoms with Gasteiger partial charge in [-0.25, -0.2) is 17.5 Å². The number of hydrogen-bond acceptors (Lipinski definition) is 6. The molecule has 0 amide bonds. The highest BCUT2D eigenvalue weighted by Gasteiger charge is 2.29. The van der Waals surface area contributed by atoms with Crippen LogP contribution in [0.15, 0.2) is 23.2 Å². The van der Waals surface area contributed by atoms with Crippen LogP contribution in [-0.2, 0) is 34.0 Å². The van der Waals surface area contributed by atoms with E-state index in [1.807, 2.05) is 39.8 Å². The van der Waals surface area contributed by atoms with Crippen molar-refractivity contribution in [2.45, 2.75) is 57.1 Å². The van der Waals surface area contributed by atoms with Gasteiger partial charge in [-0.05, 0) is 55.3 Å². The highest BCUT2D eigenvalue weighted by molar-refractivity contribution is 7.92. The number of carbonyl (C=O) groups excluding carboxylic acids is 1. The number of aromatic nitrogens is 2. The molecule has 1 atom stereocenters. The molecular weight excluding hydrogens is 421 g/mol. The number of halogens is 1. The van der Waals surface area contributed by atoms with Crippen molar-refractivity contribution in [2.75, 3.05) is 26.5 Å². The quantitative estimate of drug-likeness (QED) is 0.614. The summed E-state index contributed by atoms with van der Waals surface area (Å²) in [5, 5.41) is 4.02. The predicted octanol–water partition coefficient (Wildman–Crippen LogP) is 2.62. The van der Waals surface area contributed by atoms with Crippen molar-refractivity contribution in [1.29, 1.82) is 0 Å². The topological polar surface area (TPSA) is 81.5 Å². The maximum Gasteiger partial charge on any atom is 0.213 e. The smallest absolute Gasteiger partial charge is 0.213 e. The van der Waals surface area contributed by atoms with Gasteiger partial charge in [0, 0.05) is 12.5 Å². The van der Waals surface area contributed by atoms with Crippen LogP contribution >= 0.6 is 0 Å².